The van der Waals surface area contributed by atoms with Crippen LogP contribution in [0.25, 0.3) is 0 Å². The van der Waals surface area contributed by atoms with Gasteiger partial charge < -0.3 is 4.74 Å². The van der Waals surface area contributed by atoms with E-state index in [4.69, 9.17) is 27.9 Å². The Hall–Kier alpha value is -1.32. The topological polar surface area (TPSA) is 9.23 Å². The van der Waals surface area contributed by atoms with Gasteiger partial charge in [0.05, 0.1) is 12.0 Å². The van der Waals surface area contributed by atoms with Gasteiger partial charge in [-0.1, -0.05) is 17.7 Å². The predicted molar refractivity (Wildman–Crippen MR) is 79.3 cm³/mol. The van der Waals surface area contributed by atoms with Gasteiger partial charge in [0, 0.05) is 17.0 Å². The first kappa shape index (κ1) is 14.6. The Morgan fingerprint density at radius 3 is 2.71 bits per heavy atom. The maximum Gasteiger partial charge on any atom is 0.159 e. The van der Waals surface area contributed by atoms with Crippen molar-refractivity contribution in [1.82, 2.24) is 0 Å². The van der Waals surface area contributed by atoms with Crippen molar-refractivity contribution in [3.05, 3.63) is 63.7 Å². The van der Waals surface area contributed by atoms with E-state index in [0.717, 1.165) is 35.4 Å². The minimum Gasteiger partial charge on any atom is -0.493 e. The van der Waals surface area contributed by atoms with Gasteiger partial charge in [-0.3, -0.25) is 0 Å². The zero-order valence-electron chi connectivity index (χ0n) is 11.0. The van der Waals surface area contributed by atoms with Crippen LogP contribution in [0.2, 0.25) is 5.02 Å². The smallest absolute Gasteiger partial charge is 0.159 e. The van der Waals surface area contributed by atoms with E-state index in [1.54, 1.807) is 6.07 Å². The van der Waals surface area contributed by atoms with Crippen LogP contribution in [-0.2, 0) is 12.8 Å². The van der Waals surface area contributed by atoms with Crippen molar-refractivity contribution in [2.45, 2.75) is 18.2 Å². The molecule has 0 bridgehead atoms. The maximum absolute atomic E-state index is 13.3. The summed E-state index contributed by atoms with van der Waals surface area (Å²) in [5.41, 5.74) is 2.45. The van der Waals surface area contributed by atoms with Crippen molar-refractivity contribution in [2.75, 3.05) is 6.61 Å². The van der Waals surface area contributed by atoms with Crippen LogP contribution in [0.5, 0.6) is 5.75 Å². The Bertz CT molecular complexity index is 688. The molecular weight excluding hydrogens is 317 g/mol. The summed E-state index contributed by atoms with van der Waals surface area (Å²) >= 11 is 12.5. The van der Waals surface area contributed by atoms with Gasteiger partial charge in [-0.25, -0.2) is 8.78 Å². The maximum atomic E-state index is 13.3. The van der Waals surface area contributed by atoms with Crippen LogP contribution in [0.4, 0.5) is 8.78 Å². The summed E-state index contributed by atoms with van der Waals surface area (Å²) < 4.78 is 31.8. The molecule has 0 N–H and O–H groups in total. The summed E-state index contributed by atoms with van der Waals surface area (Å²) in [6.45, 7) is 0.609. The third kappa shape index (κ3) is 2.99. The molecule has 21 heavy (non-hydrogen) atoms. The van der Waals surface area contributed by atoms with E-state index in [2.05, 4.69) is 0 Å². The van der Waals surface area contributed by atoms with E-state index in [1.165, 1.54) is 6.07 Å². The third-order valence-electron chi connectivity index (χ3n) is 3.51. The molecular formula is C16H12Cl2F2O. The fourth-order valence-electron chi connectivity index (χ4n) is 2.51. The third-order valence-corrected chi connectivity index (χ3v) is 4.12. The van der Waals surface area contributed by atoms with E-state index in [0.29, 0.717) is 23.6 Å². The Morgan fingerprint density at radius 2 is 1.95 bits per heavy atom. The normalized spacial score (nSPS) is 14.7. The van der Waals surface area contributed by atoms with Crippen molar-refractivity contribution in [3.8, 4) is 5.75 Å². The van der Waals surface area contributed by atoms with Crippen LogP contribution < -0.4 is 4.74 Å². The molecule has 2 aromatic carbocycles. The number of fused-ring (bicyclic) bond motifs is 1. The van der Waals surface area contributed by atoms with Gasteiger partial charge in [0.2, 0.25) is 0 Å². The van der Waals surface area contributed by atoms with E-state index < -0.39 is 17.0 Å². The molecule has 0 aliphatic carbocycles. The molecule has 1 unspecified atom stereocenters. The van der Waals surface area contributed by atoms with Gasteiger partial charge in [0.15, 0.2) is 11.6 Å². The van der Waals surface area contributed by atoms with Gasteiger partial charge in [-0.05, 0) is 41.8 Å². The summed E-state index contributed by atoms with van der Waals surface area (Å²) in [7, 11) is 0. The molecule has 0 radical (unpaired) electrons. The fourth-order valence-corrected chi connectivity index (χ4v) is 3.10. The van der Waals surface area contributed by atoms with Crippen LogP contribution in [0, 0.1) is 11.6 Å². The monoisotopic (exact) mass is 328 g/mol. The Labute approximate surface area is 131 Å². The molecule has 0 fully saturated rings. The number of rotatable bonds is 3. The molecule has 2 aromatic rings. The van der Waals surface area contributed by atoms with Crippen LogP contribution in [0.1, 0.15) is 22.1 Å². The zero-order chi connectivity index (χ0) is 15.0. The minimum atomic E-state index is -0.871. The van der Waals surface area contributed by atoms with E-state index in [1.807, 2.05) is 6.07 Å². The van der Waals surface area contributed by atoms with Gasteiger partial charge in [0.25, 0.3) is 0 Å². The van der Waals surface area contributed by atoms with Crippen LogP contribution in [0.3, 0.4) is 0 Å². The highest BCUT2D eigenvalue weighted by atomic mass is 35.5. The second kappa shape index (κ2) is 5.82. The van der Waals surface area contributed by atoms with Gasteiger partial charge >= 0.3 is 0 Å². The number of halogens is 4. The molecule has 1 nitrogen and oxygen atoms in total. The number of hydrogen-bond acceptors (Lipinski definition) is 1. The number of alkyl halides is 1. The second-order valence-electron chi connectivity index (χ2n) is 5.00. The molecule has 1 atom stereocenters. The average Bonchev–Trinajstić information content (AvgIpc) is 2.90. The highest BCUT2D eigenvalue weighted by Gasteiger charge is 2.22. The van der Waals surface area contributed by atoms with E-state index >= 15 is 0 Å². The molecule has 5 heteroatoms. The summed E-state index contributed by atoms with van der Waals surface area (Å²) in [4.78, 5) is 0. The minimum absolute atomic E-state index is 0.370. The summed E-state index contributed by atoms with van der Waals surface area (Å²) in [6.07, 6.45) is 1.17. The molecule has 0 amide bonds. The first-order valence-corrected chi connectivity index (χ1v) is 7.39. The summed E-state index contributed by atoms with van der Waals surface area (Å²) in [6, 6.07) is 7.43. The van der Waals surface area contributed by atoms with Crippen LogP contribution in [-0.4, -0.2) is 6.61 Å². The van der Waals surface area contributed by atoms with Crippen LogP contribution in [0.15, 0.2) is 30.3 Å². The van der Waals surface area contributed by atoms with E-state index in [-0.39, 0.29) is 0 Å². The van der Waals surface area contributed by atoms with E-state index in [9.17, 15) is 8.78 Å². The van der Waals surface area contributed by atoms with Gasteiger partial charge in [-0.2, -0.15) is 0 Å². The highest BCUT2D eigenvalue weighted by Crippen LogP contribution is 2.40. The Morgan fingerprint density at radius 1 is 1.14 bits per heavy atom. The van der Waals surface area contributed by atoms with Gasteiger partial charge in [-0.15, -0.1) is 11.6 Å². The zero-order valence-corrected chi connectivity index (χ0v) is 12.5. The molecule has 0 saturated heterocycles. The first-order chi connectivity index (χ1) is 10.0. The van der Waals surface area contributed by atoms with Gasteiger partial charge in [0.1, 0.15) is 5.75 Å². The molecule has 0 spiro atoms. The highest BCUT2D eigenvalue weighted by molar-refractivity contribution is 6.31. The summed E-state index contributed by atoms with van der Waals surface area (Å²) in [5.74, 6) is -0.970. The predicted octanol–water partition coefficient (Wildman–Crippen LogP) is 5.08. The molecule has 0 saturated carbocycles. The molecule has 1 aliphatic heterocycles. The van der Waals surface area contributed by atoms with Crippen molar-refractivity contribution < 1.29 is 13.5 Å². The Balaban J connectivity index is 1.89. The summed E-state index contributed by atoms with van der Waals surface area (Å²) in [5, 5.41) is 0.186. The lowest BCUT2D eigenvalue weighted by Gasteiger charge is -2.15. The lowest BCUT2D eigenvalue weighted by atomic mass is 10.0. The largest absolute Gasteiger partial charge is 0.493 e. The first-order valence-electron chi connectivity index (χ1n) is 6.57. The van der Waals surface area contributed by atoms with Crippen molar-refractivity contribution in [1.29, 1.82) is 0 Å². The SMILES string of the molecule is Fc1ccc(CC(Cl)c2cc(Cl)cc3c2OCC3)cc1F. The number of benzene rings is 2. The lowest BCUT2D eigenvalue weighted by Crippen LogP contribution is -2.00. The molecule has 1 aliphatic rings. The van der Waals surface area contributed by atoms with Crippen molar-refractivity contribution in [3.63, 3.8) is 0 Å². The Kier molecular flexibility index (Phi) is 4.05. The number of hydrogen-bond donors (Lipinski definition) is 0. The quantitative estimate of drug-likeness (QED) is 0.714. The standard InChI is InChI=1S/C16H12Cl2F2O/c17-11-7-10-3-4-21-16(10)12(8-11)13(18)5-9-1-2-14(19)15(20)6-9/h1-2,6-8,13H,3-5H2. The van der Waals surface area contributed by atoms with Crippen LogP contribution >= 0.6 is 23.2 Å². The molecule has 3 rings (SSSR count). The average molecular weight is 329 g/mol. The molecule has 1 heterocycles. The van der Waals surface area contributed by atoms with Crippen molar-refractivity contribution in [2.24, 2.45) is 0 Å². The van der Waals surface area contributed by atoms with Crippen molar-refractivity contribution >= 4 is 23.2 Å². The molecule has 0 aromatic heterocycles. The number of ether oxygens (including phenoxy) is 1. The molecule has 110 valence electrons. The fraction of sp³-hybridized carbons (Fsp3) is 0.250. The second-order valence-corrected chi connectivity index (χ2v) is 5.97. The lowest BCUT2D eigenvalue weighted by molar-refractivity contribution is 0.353.